The quantitative estimate of drug-likeness (QED) is 0.876. The summed E-state index contributed by atoms with van der Waals surface area (Å²) in [6.45, 7) is 2.18. The second-order valence-electron chi connectivity index (χ2n) is 4.81. The van der Waals surface area contributed by atoms with Gasteiger partial charge in [-0.05, 0) is 43.4 Å². The zero-order chi connectivity index (χ0) is 12.4. The number of thioether (sulfide) groups is 1. The Morgan fingerprint density at radius 2 is 2.06 bits per heavy atom. The van der Waals surface area contributed by atoms with Crippen molar-refractivity contribution in [3.63, 3.8) is 0 Å². The number of hydrogen-bond donors (Lipinski definition) is 1. The van der Waals surface area contributed by atoms with Gasteiger partial charge < -0.3 is 5.73 Å². The van der Waals surface area contributed by atoms with Crippen molar-refractivity contribution in [3.05, 3.63) is 29.8 Å². The van der Waals surface area contributed by atoms with Crippen LogP contribution in [0.15, 0.2) is 23.1 Å². The molecule has 1 aliphatic rings. The molecule has 1 saturated carbocycles. The Labute approximate surface area is 105 Å². The van der Waals surface area contributed by atoms with E-state index in [4.69, 9.17) is 5.73 Å². The summed E-state index contributed by atoms with van der Waals surface area (Å²) in [5.41, 5.74) is 6.04. The Morgan fingerprint density at radius 3 is 2.82 bits per heavy atom. The van der Waals surface area contributed by atoms with Gasteiger partial charge in [-0.2, -0.15) is 0 Å². The van der Waals surface area contributed by atoms with E-state index >= 15 is 0 Å². The Morgan fingerprint density at radius 1 is 1.29 bits per heavy atom. The Bertz CT molecular complexity index is 397. The van der Waals surface area contributed by atoms with Crippen molar-refractivity contribution in [2.75, 3.05) is 0 Å². The van der Waals surface area contributed by atoms with Crippen LogP contribution in [-0.4, -0.2) is 11.3 Å². The maximum absolute atomic E-state index is 13.5. The van der Waals surface area contributed by atoms with E-state index in [9.17, 15) is 8.78 Å². The van der Waals surface area contributed by atoms with E-state index in [0.717, 1.165) is 25.3 Å². The Balaban J connectivity index is 2.11. The summed E-state index contributed by atoms with van der Waals surface area (Å²) < 4.78 is 26.6. The van der Waals surface area contributed by atoms with Gasteiger partial charge in [0.2, 0.25) is 0 Å². The summed E-state index contributed by atoms with van der Waals surface area (Å²) in [5, 5.41) is 0.190. The molecule has 94 valence electrons. The first kappa shape index (κ1) is 12.8. The molecule has 0 radical (unpaired) electrons. The minimum Gasteiger partial charge on any atom is -0.327 e. The predicted octanol–water partition coefficient (Wildman–Crippen LogP) is 3.57. The van der Waals surface area contributed by atoms with Gasteiger partial charge in [0.25, 0.3) is 0 Å². The second kappa shape index (κ2) is 5.36. The number of halogens is 2. The largest absolute Gasteiger partial charge is 0.327 e. The van der Waals surface area contributed by atoms with Crippen LogP contribution in [-0.2, 0) is 0 Å². The van der Waals surface area contributed by atoms with Gasteiger partial charge in [0, 0.05) is 16.2 Å². The monoisotopic (exact) mass is 257 g/mol. The average molecular weight is 257 g/mol. The van der Waals surface area contributed by atoms with Crippen molar-refractivity contribution >= 4 is 11.8 Å². The van der Waals surface area contributed by atoms with Crippen molar-refractivity contribution in [1.82, 2.24) is 0 Å². The molecular formula is C13H17F2NS. The van der Waals surface area contributed by atoms with E-state index in [2.05, 4.69) is 6.92 Å². The molecule has 0 spiro atoms. The van der Waals surface area contributed by atoms with Crippen LogP contribution < -0.4 is 5.73 Å². The molecule has 17 heavy (non-hydrogen) atoms. The van der Waals surface area contributed by atoms with Crippen LogP contribution in [0.4, 0.5) is 8.78 Å². The lowest BCUT2D eigenvalue weighted by atomic mass is 9.87. The van der Waals surface area contributed by atoms with Crippen molar-refractivity contribution < 1.29 is 8.78 Å². The lowest BCUT2D eigenvalue weighted by Crippen LogP contribution is -2.37. The molecule has 1 aromatic rings. The van der Waals surface area contributed by atoms with Gasteiger partial charge in [0.05, 0.1) is 0 Å². The van der Waals surface area contributed by atoms with E-state index in [1.165, 1.54) is 23.9 Å². The van der Waals surface area contributed by atoms with Crippen LogP contribution in [0.1, 0.15) is 26.2 Å². The van der Waals surface area contributed by atoms with E-state index in [-0.39, 0.29) is 17.1 Å². The molecule has 1 aliphatic carbocycles. The van der Waals surface area contributed by atoms with E-state index in [1.54, 1.807) is 0 Å². The van der Waals surface area contributed by atoms with Crippen LogP contribution in [0.2, 0.25) is 0 Å². The van der Waals surface area contributed by atoms with Gasteiger partial charge >= 0.3 is 0 Å². The maximum atomic E-state index is 13.5. The molecular weight excluding hydrogens is 240 g/mol. The predicted molar refractivity (Wildman–Crippen MR) is 67.0 cm³/mol. The van der Waals surface area contributed by atoms with Gasteiger partial charge in [0.15, 0.2) is 0 Å². The van der Waals surface area contributed by atoms with Crippen molar-refractivity contribution in [3.8, 4) is 0 Å². The highest BCUT2D eigenvalue weighted by molar-refractivity contribution is 8.00. The van der Waals surface area contributed by atoms with Gasteiger partial charge in [-0.25, -0.2) is 8.78 Å². The van der Waals surface area contributed by atoms with Crippen molar-refractivity contribution in [1.29, 1.82) is 0 Å². The fraction of sp³-hybridized carbons (Fsp3) is 0.538. The molecule has 0 saturated heterocycles. The topological polar surface area (TPSA) is 26.0 Å². The first-order valence-corrected chi connectivity index (χ1v) is 6.81. The number of hydrogen-bond acceptors (Lipinski definition) is 2. The average Bonchev–Trinajstić information content (AvgIpc) is 2.28. The van der Waals surface area contributed by atoms with Crippen molar-refractivity contribution in [2.24, 2.45) is 11.7 Å². The zero-order valence-corrected chi connectivity index (χ0v) is 10.6. The minimum atomic E-state index is -0.397. The Hall–Kier alpha value is -0.610. The molecule has 0 aliphatic heterocycles. The second-order valence-corrected chi connectivity index (χ2v) is 6.09. The van der Waals surface area contributed by atoms with Crippen LogP contribution in [0.3, 0.4) is 0 Å². The highest BCUT2D eigenvalue weighted by atomic mass is 32.2. The fourth-order valence-corrected chi connectivity index (χ4v) is 3.64. The SMILES string of the molecule is CC1CCC(N)C(Sc2cc(F)ccc2F)C1. The summed E-state index contributed by atoms with van der Waals surface area (Å²) in [5.74, 6) is -0.142. The van der Waals surface area contributed by atoms with Gasteiger partial charge in [-0.3, -0.25) is 0 Å². The maximum Gasteiger partial charge on any atom is 0.136 e. The fourth-order valence-electron chi connectivity index (χ4n) is 2.22. The summed E-state index contributed by atoms with van der Waals surface area (Å²) in [7, 11) is 0. The normalized spacial score (nSPS) is 29.3. The first-order valence-electron chi connectivity index (χ1n) is 5.93. The molecule has 0 bridgehead atoms. The smallest absolute Gasteiger partial charge is 0.136 e. The summed E-state index contributed by atoms with van der Waals surface area (Å²) in [4.78, 5) is 0.375. The molecule has 0 aromatic heterocycles. The minimum absolute atomic E-state index is 0.0823. The molecule has 0 amide bonds. The third kappa shape index (κ3) is 3.19. The molecule has 3 unspecified atom stereocenters. The molecule has 2 rings (SSSR count). The number of benzene rings is 1. The molecule has 1 fully saturated rings. The van der Waals surface area contributed by atoms with E-state index in [0.29, 0.717) is 10.8 Å². The van der Waals surface area contributed by atoms with E-state index < -0.39 is 5.82 Å². The van der Waals surface area contributed by atoms with E-state index in [1.807, 2.05) is 0 Å². The molecule has 0 heterocycles. The Kier molecular flexibility index (Phi) is 4.05. The highest BCUT2D eigenvalue weighted by Gasteiger charge is 2.27. The van der Waals surface area contributed by atoms with Crippen LogP contribution in [0, 0.1) is 17.6 Å². The van der Waals surface area contributed by atoms with Gasteiger partial charge in [-0.1, -0.05) is 6.92 Å². The zero-order valence-electron chi connectivity index (χ0n) is 9.83. The molecule has 1 aromatic carbocycles. The van der Waals surface area contributed by atoms with Crippen LogP contribution >= 0.6 is 11.8 Å². The van der Waals surface area contributed by atoms with Gasteiger partial charge in [0.1, 0.15) is 11.6 Å². The number of rotatable bonds is 2. The summed E-state index contributed by atoms with van der Waals surface area (Å²) >= 11 is 1.38. The summed E-state index contributed by atoms with van der Waals surface area (Å²) in [6.07, 6.45) is 3.07. The standard InChI is InChI=1S/C13H17F2NS/c1-8-2-5-11(16)13(6-8)17-12-7-9(14)3-4-10(12)15/h3-4,7-8,11,13H,2,5-6,16H2,1H3. The lowest BCUT2D eigenvalue weighted by Gasteiger charge is -2.32. The highest BCUT2D eigenvalue weighted by Crippen LogP contribution is 2.36. The third-order valence-electron chi connectivity index (χ3n) is 3.28. The van der Waals surface area contributed by atoms with Crippen LogP contribution in [0.25, 0.3) is 0 Å². The summed E-state index contributed by atoms with van der Waals surface area (Å²) in [6, 6.07) is 3.66. The third-order valence-corrected chi connectivity index (χ3v) is 4.69. The number of nitrogens with two attached hydrogens (primary N) is 1. The first-order chi connectivity index (χ1) is 8.06. The molecule has 3 atom stereocenters. The lowest BCUT2D eigenvalue weighted by molar-refractivity contribution is 0.357. The molecule has 2 N–H and O–H groups in total. The van der Waals surface area contributed by atoms with Crippen LogP contribution in [0.5, 0.6) is 0 Å². The molecule has 4 heteroatoms. The van der Waals surface area contributed by atoms with Crippen molar-refractivity contribution in [2.45, 2.75) is 42.4 Å². The van der Waals surface area contributed by atoms with Gasteiger partial charge in [-0.15, -0.1) is 11.8 Å². The molecule has 1 nitrogen and oxygen atoms in total.